The predicted molar refractivity (Wildman–Crippen MR) is 76.1 cm³/mol. The third kappa shape index (κ3) is 3.02. The summed E-state index contributed by atoms with van der Waals surface area (Å²) in [5, 5.41) is 9.40. The highest BCUT2D eigenvalue weighted by Crippen LogP contribution is 2.40. The van der Waals surface area contributed by atoms with Crippen LogP contribution in [0, 0.1) is 12.3 Å². The summed E-state index contributed by atoms with van der Waals surface area (Å²) in [5.41, 5.74) is -1.11. The zero-order valence-electron chi connectivity index (χ0n) is 12.4. The Bertz CT molecular complexity index is 453. The first-order valence-electron chi connectivity index (χ1n) is 6.22. The van der Waals surface area contributed by atoms with Gasteiger partial charge in [-0.15, -0.1) is 6.42 Å². The van der Waals surface area contributed by atoms with Crippen LogP contribution in [0.25, 0.3) is 0 Å². The minimum Gasteiger partial charge on any atom is -0.502 e. The largest absolute Gasteiger partial charge is 0.502 e. The summed E-state index contributed by atoms with van der Waals surface area (Å²) in [6.07, 6.45) is 6.14. The molecule has 0 aromatic heterocycles. The van der Waals surface area contributed by atoms with Crippen molar-refractivity contribution >= 4 is 14.3 Å². The van der Waals surface area contributed by atoms with Gasteiger partial charge in [-0.2, -0.15) is 0 Å². The molecule has 0 amide bonds. The van der Waals surface area contributed by atoms with Gasteiger partial charge in [0.25, 0.3) is 0 Å². The Labute approximate surface area is 115 Å². The smallest absolute Gasteiger partial charge is 0.374 e. The molecule has 1 aliphatic heterocycles. The summed E-state index contributed by atoms with van der Waals surface area (Å²) >= 11 is 0. The lowest BCUT2D eigenvalue weighted by molar-refractivity contribution is -0.152. The molecule has 0 unspecified atom stereocenters. The van der Waals surface area contributed by atoms with Crippen molar-refractivity contribution in [2.45, 2.75) is 57.5 Å². The standard InChI is InChI=1S/C14H22O4Si/c1-8-11(18-19(6,7)13(2,3)4)14(5)9-10(15)12(16)17-14/h1,9,11,15H,2-7H3/t11-,14+/m1/s1. The van der Waals surface area contributed by atoms with Gasteiger partial charge < -0.3 is 14.3 Å². The van der Waals surface area contributed by atoms with Crippen LogP contribution < -0.4 is 0 Å². The van der Waals surface area contributed by atoms with Gasteiger partial charge in [-0.1, -0.05) is 26.7 Å². The predicted octanol–water partition coefficient (Wildman–Crippen LogP) is 2.77. The van der Waals surface area contributed by atoms with Gasteiger partial charge in [0, 0.05) is 6.08 Å². The molecule has 0 aliphatic carbocycles. The summed E-state index contributed by atoms with van der Waals surface area (Å²) in [7, 11) is -2.09. The average Bonchev–Trinajstić information content (AvgIpc) is 2.48. The Morgan fingerprint density at radius 3 is 2.37 bits per heavy atom. The van der Waals surface area contributed by atoms with Crippen molar-refractivity contribution in [2.24, 2.45) is 0 Å². The van der Waals surface area contributed by atoms with Crippen molar-refractivity contribution in [3.63, 3.8) is 0 Å². The van der Waals surface area contributed by atoms with Crippen LogP contribution in [0.4, 0.5) is 0 Å². The first kappa shape index (κ1) is 15.8. The van der Waals surface area contributed by atoms with Crippen molar-refractivity contribution in [3.8, 4) is 12.3 Å². The minimum absolute atomic E-state index is 0.00711. The normalized spacial score (nSPS) is 25.5. The average molecular weight is 282 g/mol. The molecule has 1 aliphatic rings. The molecule has 106 valence electrons. The molecule has 1 heterocycles. The van der Waals surface area contributed by atoms with Crippen LogP contribution in [-0.2, 0) is 14.0 Å². The molecule has 4 nitrogen and oxygen atoms in total. The second kappa shape index (κ2) is 4.69. The molecule has 0 aromatic carbocycles. The van der Waals surface area contributed by atoms with E-state index in [9.17, 15) is 9.90 Å². The maximum absolute atomic E-state index is 11.3. The van der Waals surface area contributed by atoms with Crippen LogP contribution in [0.5, 0.6) is 0 Å². The Hall–Kier alpha value is -1.25. The third-order valence-electron chi connectivity index (χ3n) is 3.84. The summed E-state index contributed by atoms with van der Waals surface area (Å²) in [6, 6.07) is 0. The SMILES string of the molecule is C#C[C@@H](O[Si](C)(C)C(C)(C)C)[C@]1(C)C=C(O)C(=O)O1. The number of terminal acetylenes is 1. The van der Waals surface area contributed by atoms with E-state index in [0.717, 1.165) is 0 Å². The number of aliphatic hydroxyl groups excluding tert-OH is 1. The Balaban J connectivity index is 3.00. The van der Waals surface area contributed by atoms with Crippen LogP contribution >= 0.6 is 0 Å². The zero-order chi connectivity index (χ0) is 15.1. The van der Waals surface area contributed by atoms with Crippen LogP contribution in [0.2, 0.25) is 18.1 Å². The number of rotatable bonds is 3. The highest BCUT2D eigenvalue weighted by Gasteiger charge is 2.48. The highest BCUT2D eigenvalue weighted by atomic mass is 28.4. The van der Waals surface area contributed by atoms with Gasteiger partial charge >= 0.3 is 5.97 Å². The molecular formula is C14H22O4Si. The highest BCUT2D eigenvalue weighted by molar-refractivity contribution is 6.74. The molecule has 1 N–H and O–H groups in total. The van der Waals surface area contributed by atoms with E-state index in [2.05, 4.69) is 39.8 Å². The molecule has 1 rings (SSSR count). The van der Waals surface area contributed by atoms with Crippen LogP contribution in [-0.4, -0.2) is 31.1 Å². The molecule has 0 saturated carbocycles. The molecule has 19 heavy (non-hydrogen) atoms. The van der Waals surface area contributed by atoms with Gasteiger partial charge in [0.15, 0.2) is 20.0 Å². The van der Waals surface area contributed by atoms with E-state index in [4.69, 9.17) is 15.6 Å². The fourth-order valence-electron chi connectivity index (χ4n) is 1.53. The van der Waals surface area contributed by atoms with Gasteiger partial charge in [-0.3, -0.25) is 0 Å². The molecule has 0 radical (unpaired) electrons. The Morgan fingerprint density at radius 2 is 2.05 bits per heavy atom. The van der Waals surface area contributed by atoms with Gasteiger partial charge in [0.05, 0.1) is 0 Å². The fourth-order valence-corrected chi connectivity index (χ4v) is 2.77. The summed E-state index contributed by atoms with van der Waals surface area (Å²) < 4.78 is 11.3. The number of aliphatic hydroxyl groups is 1. The lowest BCUT2D eigenvalue weighted by Gasteiger charge is -2.41. The van der Waals surface area contributed by atoms with E-state index < -0.39 is 31.8 Å². The number of cyclic esters (lactones) is 1. The topological polar surface area (TPSA) is 55.8 Å². The second-order valence-corrected chi connectivity index (χ2v) is 11.3. The van der Waals surface area contributed by atoms with E-state index in [1.165, 1.54) is 6.08 Å². The van der Waals surface area contributed by atoms with E-state index >= 15 is 0 Å². The van der Waals surface area contributed by atoms with Crippen molar-refractivity contribution in [2.75, 3.05) is 0 Å². The second-order valence-electron chi connectivity index (χ2n) is 6.53. The number of hydrogen-bond acceptors (Lipinski definition) is 4. The Morgan fingerprint density at radius 1 is 1.53 bits per heavy atom. The lowest BCUT2D eigenvalue weighted by Crippen LogP contribution is -2.50. The first-order valence-corrected chi connectivity index (χ1v) is 9.13. The monoisotopic (exact) mass is 282 g/mol. The number of hydrogen-bond donors (Lipinski definition) is 1. The molecule has 2 atom stereocenters. The van der Waals surface area contributed by atoms with Crippen molar-refractivity contribution in [3.05, 3.63) is 11.8 Å². The summed E-state index contributed by atoms with van der Waals surface area (Å²) in [5.74, 6) is 1.36. The molecule has 0 saturated heterocycles. The quantitative estimate of drug-likeness (QED) is 0.491. The van der Waals surface area contributed by atoms with E-state index in [1.807, 2.05) is 0 Å². The molecule has 0 bridgehead atoms. The van der Waals surface area contributed by atoms with Crippen molar-refractivity contribution in [1.82, 2.24) is 0 Å². The van der Waals surface area contributed by atoms with E-state index in [1.54, 1.807) is 6.92 Å². The number of carbonyl (C=O) groups is 1. The van der Waals surface area contributed by atoms with Crippen LogP contribution in [0.1, 0.15) is 27.7 Å². The molecule has 0 aromatic rings. The first-order chi connectivity index (χ1) is 8.43. The Kier molecular flexibility index (Phi) is 3.90. The molecule has 5 heteroatoms. The number of ether oxygens (including phenoxy) is 1. The van der Waals surface area contributed by atoms with Gasteiger partial charge in [-0.05, 0) is 25.1 Å². The summed E-state index contributed by atoms with van der Waals surface area (Å²) in [4.78, 5) is 11.3. The maximum Gasteiger partial charge on any atom is 0.374 e. The van der Waals surface area contributed by atoms with Gasteiger partial charge in [0.2, 0.25) is 5.76 Å². The van der Waals surface area contributed by atoms with Gasteiger partial charge in [-0.25, -0.2) is 4.79 Å². The van der Waals surface area contributed by atoms with E-state index in [0.29, 0.717) is 0 Å². The van der Waals surface area contributed by atoms with E-state index in [-0.39, 0.29) is 5.04 Å². The molecule has 0 spiro atoms. The van der Waals surface area contributed by atoms with Gasteiger partial charge in [0.1, 0.15) is 0 Å². The fraction of sp³-hybridized carbons (Fsp3) is 0.643. The molecular weight excluding hydrogens is 260 g/mol. The lowest BCUT2D eigenvalue weighted by atomic mass is 10.0. The zero-order valence-corrected chi connectivity index (χ0v) is 13.4. The minimum atomic E-state index is -2.09. The van der Waals surface area contributed by atoms with Crippen LogP contribution in [0.3, 0.4) is 0 Å². The number of carbonyl (C=O) groups excluding carboxylic acids is 1. The molecule has 0 fully saturated rings. The maximum atomic E-state index is 11.3. The van der Waals surface area contributed by atoms with Crippen molar-refractivity contribution < 1.29 is 19.1 Å². The number of esters is 1. The van der Waals surface area contributed by atoms with Crippen molar-refractivity contribution in [1.29, 1.82) is 0 Å². The third-order valence-corrected chi connectivity index (χ3v) is 8.27. The van der Waals surface area contributed by atoms with Crippen LogP contribution in [0.15, 0.2) is 11.8 Å². The summed E-state index contributed by atoms with van der Waals surface area (Å²) in [6.45, 7) is 12.1.